The van der Waals surface area contributed by atoms with Gasteiger partial charge in [-0.3, -0.25) is 0 Å². The maximum atomic E-state index is 11.9. The average molecular weight is 331 g/mol. The second-order valence-electron chi connectivity index (χ2n) is 4.74. The molecule has 0 fully saturated rings. The Labute approximate surface area is 128 Å². The predicted octanol–water partition coefficient (Wildman–Crippen LogP) is 3.42. The maximum absolute atomic E-state index is 11.9. The molecule has 1 heterocycles. The third kappa shape index (κ3) is 2.80. The lowest BCUT2D eigenvalue weighted by atomic mass is 10.2. The highest BCUT2D eigenvalue weighted by atomic mass is 32.2. The second kappa shape index (κ2) is 5.91. The van der Waals surface area contributed by atoms with Crippen molar-refractivity contribution in [2.45, 2.75) is 24.3 Å². The van der Waals surface area contributed by atoms with Gasteiger partial charge in [-0.2, -0.15) is 11.8 Å². The highest BCUT2D eigenvalue weighted by Crippen LogP contribution is 2.27. The quantitative estimate of drug-likeness (QED) is 0.854. The van der Waals surface area contributed by atoms with Gasteiger partial charge in [0.15, 0.2) is 14.6 Å². The molecular weight excluding hydrogens is 312 g/mol. The first-order chi connectivity index (χ1) is 9.40. The zero-order valence-electron chi connectivity index (χ0n) is 11.7. The van der Waals surface area contributed by atoms with Crippen molar-refractivity contribution in [2.24, 2.45) is 0 Å². The minimum Gasteiger partial charge on any atom is -0.329 e. The summed E-state index contributed by atoms with van der Waals surface area (Å²) in [5, 5.41) is 0. The van der Waals surface area contributed by atoms with Crippen LogP contribution in [-0.2, 0) is 9.84 Å². The number of para-hydroxylation sites is 1. The number of nitrogens with zero attached hydrogens (tertiary/aromatic N) is 1. The molecule has 110 valence electrons. The lowest BCUT2D eigenvalue weighted by Crippen LogP contribution is -2.10. The molecular formula is C13H18N2O2S3. The number of benzene rings is 1. The van der Waals surface area contributed by atoms with Gasteiger partial charge >= 0.3 is 0 Å². The van der Waals surface area contributed by atoms with Crippen LogP contribution in [0.4, 0.5) is 0 Å². The Bertz CT molecular complexity index is 775. The molecule has 1 unspecified atom stereocenters. The van der Waals surface area contributed by atoms with Gasteiger partial charge in [0.2, 0.25) is 0 Å². The highest BCUT2D eigenvalue weighted by molar-refractivity contribution is 7.98. The van der Waals surface area contributed by atoms with Crippen molar-refractivity contribution in [3.8, 4) is 0 Å². The van der Waals surface area contributed by atoms with E-state index in [0.29, 0.717) is 15.2 Å². The van der Waals surface area contributed by atoms with E-state index >= 15 is 0 Å². The molecule has 0 saturated heterocycles. The van der Waals surface area contributed by atoms with Crippen LogP contribution in [0.2, 0.25) is 0 Å². The Balaban J connectivity index is 2.76. The molecule has 0 aliphatic rings. The number of hydrogen-bond acceptors (Lipinski definition) is 4. The van der Waals surface area contributed by atoms with E-state index in [-0.39, 0.29) is 6.04 Å². The van der Waals surface area contributed by atoms with Crippen LogP contribution in [0, 0.1) is 4.77 Å². The first kappa shape index (κ1) is 15.6. The molecule has 2 rings (SSSR count). The lowest BCUT2D eigenvalue weighted by molar-refractivity contribution is 0.547. The molecule has 20 heavy (non-hydrogen) atoms. The minimum atomic E-state index is -3.27. The molecule has 0 radical (unpaired) electrons. The van der Waals surface area contributed by atoms with Gasteiger partial charge in [-0.15, -0.1) is 0 Å². The fraction of sp³-hybridized carbons (Fsp3) is 0.462. The van der Waals surface area contributed by atoms with E-state index in [1.165, 1.54) is 6.26 Å². The Morgan fingerprint density at radius 1 is 1.45 bits per heavy atom. The molecule has 7 heteroatoms. The number of aromatic amines is 1. The van der Waals surface area contributed by atoms with Crippen LogP contribution in [0.25, 0.3) is 11.0 Å². The van der Waals surface area contributed by atoms with Crippen molar-refractivity contribution >= 4 is 44.9 Å². The normalized spacial score (nSPS) is 13.8. The monoisotopic (exact) mass is 330 g/mol. The first-order valence-corrected chi connectivity index (χ1v) is 10.0. The summed E-state index contributed by atoms with van der Waals surface area (Å²) in [5.74, 6) is 0.945. The molecule has 0 aliphatic heterocycles. The van der Waals surface area contributed by atoms with E-state index in [1.54, 1.807) is 23.9 Å². The molecule has 0 amide bonds. The fourth-order valence-corrected chi connectivity index (χ4v) is 4.33. The van der Waals surface area contributed by atoms with Gasteiger partial charge < -0.3 is 9.55 Å². The van der Waals surface area contributed by atoms with Crippen molar-refractivity contribution in [3.63, 3.8) is 0 Å². The van der Waals surface area contributed by atoms with Crippen molar-refractivity contribution in [1.29, 1.82) is 0 Å². The number of sulfone groups is 1. The van der Waals surface area contributed by atoms with E-state index in [2.05, 4.69) is 18.2 Å². The molecule has 0 saturated carbocycles. The van der Waals surface area contributed by atoms with Gasteiger partial charge in [-0.25, -0.2) is 8.42 Å². The van der Waals surface area contributed by atoms with Crippen LogP contribution in [0.1, 0.15) is 19.4 Å². The van der Waals surface area contributed by atoms with E-state index in [4.69, 9.17) is 12.2 Å². The van der Waals surface area contributed by atoms with E-state index < -0.39 is 9.84 Å². The summed E-state index contributed by atoms with van der Waals surface area (Å²) < 4.78 is 26.3. The summed E-state index contributed by atoms with van der Waals surface area (Å²) in [6, 6.07) is 5.56. The van der Waals surface area contributed by atoms with Crippen LogP contribution in [-0.4, -0.2) is 36.2 Å². The fourth-order valence-electron chi connectivity index (χ4n) is 2.36. The molecule has 4 nitrogen and oxygen atoms in total. The molecule has 0 spiro atoms. The van der Waals surface area contributed by atoms with Crippen molar-refractivity contribution in [2.75, 3.05) is 18.3 Å². The topological polar surface area (TPSA) is 54.9 Å². The lowest BCUT2D eigenvalue weighted by Gasteiger charge is -2.16. The molecule has 0 aliphatic carbocycles. The summed E-state index contributed by atoms with van der Waals surface area (Å²) in [4.78, 5) is 3.37. The predicted molar refractivity (Wildman–Crippen MR) is 87.9 cm³/mol. The number of aromatic nitrogens is 2. The summed E-state index contributed by atoms with van der Waals surface area (Å²) in [6.45, 7) is 2.11. The standard InChI is InChI=1S/C13H18N2O2S3/c1-4-9(8-19-2)15-10-6-5-7-11(20(3,16)17)12(10)14-13(15)18/h5-7,9H,4,8H2,1-3H3,(H,14,18). The van der Waals surface area contributed by atoms with Gasteiger partial charge in [0.1, 0.15) is 0 Å². The number of thioether (sulfide) groups is 1. The zero-order valence-corrected chi connectivity index (χ0v) is 14.2. The molecule has 1 aromatic heterocycles. The first-order valence-electron chi connectivity index (χ1n) is 6.32. The van der Waals surface area contributed by atoms with Crippen LogP contribution in [0.15, 0.2) is 23.1 Å². The second-order valence-corrected chi connectivity index (χ2v) is 8.02. The van der Waals surface area contributed by atoms with E-state index in [1.807, 2.05) is 10.6 Å². The van der Waals surface area contributed by atoms with Gasteiger partial charge in [0.05, 0.1) is 15.9 Å². The third-order valence-corrected chi connectivity index (χ3v) is 5.47. The van der Waals surface area contributed by atoms with Gasteiger partial charge in [-0.05, 0) is 37.0 Å². The zero-order chi connectivity index (χ0) is 14.9. The number of fused-ring (bicyclic) bond motifs is 1. The van der Waals surface area contributed by atoms with Crippen LogP contribution in [0.3, 0.4) is 0 Å². The summed E-state index contributed by atoms with van der Waals surface area (Å²) in [6.07, 6.45) is 4.23. The summed E-state index contributed by atoms with van der Waals surface area (Å²) in [7, 11) is -3.27. The number of imidazole rings is 1. The maximum Gasteiger partial charge on any atom is 0.178 e. The SMILES string of the molecule is CCC(CSC)n1c(=S)[nH]c2c(S(C)(=O)=O)cccc21. The molecule has 2 aromatic rings. The smallest absolute Gasteiger partial charge is 0.178 e. The Morgan fingerprint density at radius 3 is 2.70 bits per heavy atom. The van der Waals surface area contributed by atoms with Crippen molar-refractivity contribution in [1.82, 2.24) is 9.55 Å². The molecule has 1 atom stereocenters. The van der Waals surface area contributed by atoms with Crippen molar-refractivity contribution in [3.05, 3.63) is 23.0 Å². The number of nitrogens with one attached hydrogen (secondary N) is 1. The van der Waals surface area contributed by atoms with E-state index in [9.17, 15) is 8.42 Å². The number of rotatable bonds is 5. The van der Waals surface area contributed by atoms with Gasteiger partial charge in [0.25, 0.3) is 0 Å². The number of H-pyrrole nitrogens is 1. The van der Waals surface area contributed by atoms with Crippen LogP contribution >= 0.6 is 24.0 Å². The Hall–Kier alpha value is -0.790. The average Bonchev–Trinajstić information content (AvgIpc) is 2.70. The van der Waals surface area contributed by atoms with Gasteiger partial charge in [-0.1, -0.05) is 13.0 Å². The van der Waals surface area contributed by atoms with Crippen molar-refractivity contribution < 1.29 is 8.42 Å². The summed E-state index contributed by atoms with van der Waals surface area (Å²) >= 11 is 7.16. The summed E-state index contributed by atoms with van der Waals surface area (Å²) in [5.41, 5.74) is 1.47. The highest BCUT2D eigenvalue weighted by Gasteiger charge is 2.18. The molecule has 1 aromatic carbocycles. The van der Waals surface area contributed by atoms with Gasteiger partial charge in [0, 0.05) is 18.1 Å². The van der Waals surface area contributed by atoms with E-state index in [0.717, 1.165) is 17.7 Å². The Morgan fingerprint density at radius 2 is 2.15 bits per heavy atom. The largest absolute Gasteiger partial charge is 0.329 e. The Kier molecular flexibility index (Phi) is 4.61. The molecule has 0 bridgehead atoms. The molecule has 1 N–H and O–H groups in total. The van der Waals surface area contributed by atoms with Crippen LogP contribution < -0.4 is 0 Å². The minimum absolute atomic E-state index is 0.265. The van der Waals surface area contributed by atoms with Crippen LogP contribution in [0.5, 0.6) is 0 Å². The third-order valence-electron chi connectivity index (χ3n) is 3.31. The number of hydrogen-bond donors (Lipinski definition) is 1.